The van der Waals surface area contributed by atoms with E-state index in [2.05, 4.69) is 26.5 Å². The van der Waals surface area contributed by atoms with Crippen LogP contribution in [0.1, 0.15) is 15.9 Å². The molecule has 0 saturated heterocycles. The van der Waals surface area contributed by atoms with Crippen molar-refractivity contribution in [1.29, 1.82) is 0 Å². The summed E-state index contributed by atoms with van der Waals surface area (Å²) in [6, 6.07) is 23.4. The molecule has 0 bridgehead atoms. The fourth-order valence-electron chi connectivity index (χ4n) is 3.25. The highest BCUT2D eigenvalue weighted by Gasteiger charge is 2.09. The summed E-state index contributed by atoms with van der Waals surface area (Å²) in [5, 5.41) is 15.5. The number of phenols is 1. The van der Waals surface area contributed by atoms with Gasteiger partial charge < -0.3 is 14.6 Å². The lowest BCUT2D eigenvalue weighted by atomic mass is 10.0. The molecule has 1 amide bonds. The lowest BCUT2D eigenvalue weighted by molar-refractivity contribution is 0.0955. The van der Waals surface area contributed by atoms with Gasteiger partial charge in [0.15, 0.2) is 0 Å². The Morgan fingerprint density at radius 2 is 1.71 bits per heavy atom. The maximum atomic E-state index is 12.3. The summed E-state index contributed by atoms with van der Waals surface area (Å²) in [7, 11) is 0. The van der Waals surface area contributed by atoms with Gasteiger partial charge in [0.1, 0.15) is 30.5 Å². The van der Waals surface area contributed by atoms with Crippen LogP contribution in [0.4, 0.5) is 0 Å². The van der Waals surface area contributed by atoms with Crippen LogP contribution in [-0.2, 0) is 0 Å². The standard InChI is InChI=1S/C26H20BrClN2O4/c27-19-7-9-20(10-8-19)33-13-14-34-25-12-6-18(21-3-1-2-4-22(21)25)16-29-30-26(32)17-5-11-24(31)23(28)15-17/h1-12,15-16,31H,13-14H2,(H,30,32). The third kappa shape index (κ3) is 5.87. The number of phenolic OH excluding ortho intramolecular Hbond substituents is 1. The summed E-state index contributed by atoms with van der Waals surface area (Å²) >= 11 is 9.26. The second-order valence-corrected chi connectivity index (χ2v) is 8.54. The van der Waals surface area contributed by atoms with E-state index in [1.807, 2.05) is 60.7 Å². The van der Waals surface area contributed by atoms with E-state index < -0.39 is 5.91 Å². The predicted octanol–water partition coefficient (Wildman–Crippen LogP) is 6.18. The number of hydrogen-bond acceptors (Lipinski definition) is 5. The van der Waals surface area contributed by atoms with Crippen molar-refractivity contribution in [3.05, 3.63) is 99.5 Å². The lowest BCUT2D eigenvalue weighted by Gasteiger charge is -2.12. The van der Waals surface area contributed by atoms with Crippen LogP contribution in [0.25, 0.3) is 10.8 Å². The minimum Gasteiger partial charge on any atom is -0.506 e. The summed E-state index contributed by atoms with van der Waals surface area (Å²) in [5.41, 5.74) is 3.58. The van der Waals surface area contributed by atoms with E-state index >= 15 is 0 Å². The van der Waals surface area contributed by atoms with Gasteiger partial charge in [0.25, 0.3) is 5.91 Å². The number of amides is 1. The molecule has 4 aromatic carbocycles. The second kappa shape index (κ2) is 11.0. The van der Waals surface area contributed by atoms with E-state index in [1.54, 1.807) is 6.21 Å². The smallest absolute Gasteiger partial charge is 0.271 e. The van der Waals surface area contributed by atoms with Gasteiger partial charge in [-0.25, -0.2) is 5.43 Å². The number of carbonyl (C=O) groups is 1. The summed E-state index contributed by atoms with van der Waals surface area (Å²) in [5.74, 6) is 0.985. The number of aromatic hydroxyl groups is 1. The molecule has 0 saturated carbocycles. The van der Waals surface area contributed by atoms with E-state index in [4.69, 9.17) is 21.1 Å². The van der Waals surface area contributed by atoms with Gasteiger partial charge in [0, 0.05) is 21.0 Å². The van der Waals surface area contributed by atoms with Crippen molar-refractivity contribution in [2.75, 3.05) is 13.2 Å². The quantitative estimate of drug-likeness (QED) is 0.159. The molecule has 0 radical (unpaired) electrons. The minimum absolute atomic E-state index is 0.0876. The Kier molecular flexibility index (Phi) is 7.67. The molecule has 0 aliphatic rings. The summed E-state index contributed by atoms with van der Waals surface area (Å²) in [4.78, 5) is 12.3. The Morgan fingerprint density at radius 1 is 0.971 bits per heavy atom. The monoisotopic (exact) mass is 538 g/mol. The molecule has 0 fully saturated rings. The van der Waals surface area contributed by atoms with Crippen LogP contribution in [0.5, 0.6) is 17.2 Å². The number of nitrogens with one attached hydrogen (secondary N) is 1. The number of hydrazone groups is 1. The van der Waals surface area contributed by atoms with Crippen molar-refractivity contribution >= 4 is 50.4 Å². The van der Waals surface area contributed by atoms with Gasteiger partial charge in [-0.2, -0.15) is 5.10 Å². The molecule has 0 aliphatic carbocycles. The first kappa shape index (κ1) is 23.6. The molecule has 0 spiro atoms. The van der Waals surface area contributed by atoms with Gasteiger partial charge in [-0.15, -0.1) is 0 Å². The predicted molar refractivity (Wildman–Crippen MR) is 137 cm³/mol. The zero-order chi connectivity index (χ0) is 23.9. The number of halogens is 2. The average Bonchev–Trinajstić information content (AvgIpc) is 2.85. The highest BCUT2D eigenvalue weighted by molar-refractivity contribution is 9.10. The van der Waals surface area contributed by atoms with Crippen molar-refractivity contribution in [2.24, 2.45) is 5.10 Å². The maximum Gasteiger partial charge on any atom is 0.271 e. The van der Waals surface area contributed by atoms with Gasteiger partial charge in [-0.3, -0.25) is 4.79 Å². The van der Waals surface area contributed by atoms with Crippen molar-refractivity contribution in [2.45, 2.75) is 0 Å². The Balaban J connectivity index is 1.41. The number of benzene rings is 4. The van der Waals surface area contributed by atoms with Gasteiger partial charge in [0.2, 0.25) is 0 Å². The van der Waals surface area contributed by atoms with E-state index in [0.29, 0.717) is 18.8 Å². The molecule has 0 aromatic heterocycles. The Bertz CT molecular complexity index is 1340. The van der Waals surface area contributed by atoms with Crippen molar-refractivity contribution in [3.8, 4) is 17.2 Å². The SMILES string of the molecule is O=C(NN=Cc1ccc(OCCOc2ccc(Br)cc2)c2ccccc12)c1ccc(O)c(Cl)c1. The molecular formula is C26H20BrClN2O4. The first-order chi connectivity index (χ1) is 16.5. The molecule has 0 atom stereocenters. The van der Waals surface area contributed by atoms with Crippen LogP contribution in [0.2, 0.25) is 5.02 Å². The van der Waals surface area contributed by atoms with Crippen LogP contribution in [0.15, 0.2) is 88.4 Å². The number of ether oxygens (including phenoxy) is 2. The molecule has 4 rings (SSSR count). The molecule has 4 aromatic rings. The van der Waals surface area contributed by atoms with E-state index in [9.17, 15) is 9.90 Å². The summed E-state index contributed by atoms with van der Waals surface area (Å²) < 4.78 is 12.7. The minimum atomic E-state index is -0.437. The molecule has 2 N–H and O–H groups in total. The molecule has 8 heteroatoms. The van der Waals surface area contributed by atoms with Gasteiger partial charge >= 0.3 is 0 Å². The maximum absolute atomic E-state index is 12.3. The number of fused-ring (bicyclic) bond motifs is 1. The molecule has 0 aliphatic heterocycles. The van der Waals surface area contributed by atoms with Crippen LogP contribution >= 0.6 is 27.5 Å². The third-order valence-corrected chi connectivity index (χ3v) is 5.75. The van der Waals surface area contributed by atoms with Gasteiger partial charge in [-0.05, 0) is 60.0 Å². The zero-order valence-corrected chi connectivity index (χ0v) is 20.2. The van der Waals surface area contributed by atoms with Crippen LogP contribution in [0.3, 0.4) is 0 Å². The molecule has 172 valence electrons. The number of nitrogens with zero attached hydrogens (tertiary/aromatic N) is 1. The van der Waals surface area contributed by atoms with Crippen molar-refractivity contribution in [3.63, 3.8) is 0 Å². The Labute approximate surface area is 209 Å². The second-order valence-electron chi connectivity index (χ2n) is 7.21. The number of hydrogen-bond donors (Lipinski definition) is 2. The highest BCUT2D eigenvalue weighted by atomic mass is 79.9. The first-order valence-electron chi connectivity index (χ1n) is 10.4. The van der Waals surface area contributed by atoms with E-state index in [-0.39, 0.29) is 10.8 Å². The Hall–Kier alpha value is -3.55. The number of rotatable bonds is 8. The molecule has 0 heterocycles. The normalized spacial score (nSPS) is 11.0. The first-order valence-corrected chi connectivity index (χ1v) is 11.5. The molecule has 34 heavy (non-hydrogen) atoms. The van der Waals surface area contributed by atoms with Crippen LogP contribution in [-0.4, -0.2) is 30.4 Å². The zero-order valence-electron chi connectivity index (χ0n) is 17.9. The summed E-state index contributed by atoms with van der Waals surface area (Å²) in [6.45, 7) is 0.797. The average molecular weight is 540 g/mol. The third-order valence-electron chi connectivity index (χ3n) is 4.92. The van der Waals surface area contributed by atoms with Gasteiger partial charge in [-0.1, -0.05) is 51.8 Å². The molecular weight excluding hydrogens is 520 g/mol. The number of carbonyl (C=O) groups excluding carboxylic acids is 1. The molecule has 6 nitrogen and oxygen atoms in total. The Morgan fingerprint density at radius 3 is 2.47 bits per heavy atom. The lowest BCUT2D eigenvalue weighted by Crippen LogP contribution is -2.17. The van der Waals surface area contributed by atoms with Gasteiger partial charge in [0.05, 0.1) is 11.2 Å². The largest absolute Gasteiger partial charge is 0.506 e. The van der Waals surface area contributed by atoms with Crippen LogP contribution < -0.4 is 14.9 Å². The van der Waals surface area contributed by atoms with E-state index in [1.165, 1.54) is 18.2 Å². The fourth-order valence-corrected chi connectivity index (χ4v) is 3.69. The molecule has 0 unspecified atom stereocenters. The van der Waals surface area contributed by atoms with Crippen molar-refractivity contribution < 1.29 is 19.4 Å². The van der Waals surface area contributed by atoms with Crippen molar-refractivity contribution in [1.82, 2.24) is 5.43 Å². The fraction of sp³-hybridized carbons (Fsp3) is 0.0769. The van der Waals surface area contributed by atoms with E-state index in [0.717, 1.165) is 32.3 Å². The highest BCUT2D eigenvalue weighted by Crippen LogP contribution is 2.28. The summed E-state index contributed by atoms with van der Waals surface area (Å²) in [6.07, 6.45) is 1.57. The van der Waals surface area contributed by atoms with Crippen LogP contribution in [0, 0.1) is 0 Å². The topological polar surface area (TPSA) is 80.2 Å².